The summed E-state index contributed by atoms with van der Waals surface area (Å²) in [5.41, 5.74) is 4.47. The molecule has 0 aliphatic carbocycles. The maximum atomic E-state index is 13.8. The Kier molecular flexibility index (Phi) is 6.23. The van der Waals surface area contributed by atoms with Gasteiger partial charge in [-0.15, -0.1) is 0 Å². The van der Waals surface area contributed by atoms with Gasteiger partial charge < -0.3 is 10.1 Å². The number of pyridine rings is 1. The number of methoxy groups -OCH3 is 1. The average Bonchev–Trinajstić information content (AvgIpc) is 3.09. The quantitative estimate of drug-likeness (QED) is 0.381. The van der Waals surface area contributed by atoms with E-state index in [0.29, 0.717) is 23.6 Å². The second kappa shape index (κ2) is 9.08. The average molecular weight is 497 g/mol. The monoisotopic (exact) mass is 496 g/mol. The van der Waals surface area contributed by atoms with E-state index in [-0.39, 0.29) is 18.1 Å². The molecule has 1 amide bonds. The number of hydrogen-bond donors (Lipinski definition) is 1. The topological polar surface area (TPSA) is 69.0 Å². The van der Waals surface area contributed by atoms with Gasteiger partial charge in [0.1, 0.15) is 5.82 Å². The maximum Gasteiger partial charge on any atom is 0.224 e. The molecule has 164 valence electrons. The number of carbonyl (C=O) groups is 1. The number of fused-ring (bicyclic) bond motifs is 1. The highest BCUT2D eigenvalue weighted by Gasteiger charge is 2.20. The van der Waals surface area contributed by atoms with Gasteiger partial charge >= 0.3 is 0 Å². The van der Waals surface area contributed by atoms with Crippen LogP contribution in [0, 0.1) is 19.7 Å². The summed E-state index contributed by atoms with van der Waals surface area (Å²) in [6, 6.07) is 13.7. The summed E-state index contributed by atoms with van der Waals surface area (Å²) in [6.45, 7) is 3.86. The van der Waals surface area contributed by atoms with Crippen molar-refractivity contribution in [1.82, 2.24) is 14.8 Å². The number of amides is 1. The lowest BCUT2D eigenvalue weighted by Gasteiger charge is -2.13. The Balaban J connectivity index is 1.66. The first-order valence-electron chi connectivity index (χ1n) is 10.1. The molecule has 0 unspecified atom stereocenters. The van der Waals surface area contributed by atoms with Crippen LogP contribution in [0.25, 0.3) is 16.7 Å². The molecule has 6 nitrogen and oxygen atoms in total. The van der Waals surface area contributed by atoms with Crippen LogP contribution in [0.1, 0.15) is 23.2 Å². The fourth-order valence-electron chi connectivity index (χ4n) is 3.81. The Bertz CT molecular complexity index is 1320. The van der Waals surface area contributed by atoms with Gasteiger partial charge in [-0.25, -0.2) is 9.07 Å². The molecule has 0 saturated carbocycles. The van der Waals surface area contributed by atoms with E-state index >= 15 is 0 Å². The van der Waals surface area contributed by atoms with Crippen molar-refractivity contribution in [2.75, 3.05) is 12.4 Å². The van der Waals surface area contributed by atoms with Crippen LogP contribution in [0.4, 0.5) is 10.1 Å². The zero-order valence-corrected chi connectivity index (χ0v) is 19.5. The number of anilines is 1. The molecule has 0 spiro atoms. The highest BCUT2D eigenvalue weighted by Crippen LogP contribution is 2.32. The van der Waals surface area contributed by atoms with Gasteiger partial charge in [-0.1, -0.05) is 28.1 Å². The summed E-state index contributed by atoms with van der Waals surface area (Å²) in [5.74, 6) is -0.0137. The predicted molar refractivity (Wildman–Crippen MR) is 126 cm³/mol. The number of benzene rings is 2. The molecule has 0 radical (unpaired) electrons. The summed E-state index contributed by atoms with van der Waals surface area (Å²) in [4.78, 5) is 17.2. The molecule has 4 aromatic rings. The van der Waals surface area contributed by atoms with E-state index in [1.54, 1.807) is 23.9 Å². The summed E-state index contributed by atoms with van der Waals surface area (Å²) < 4.78 is 21.9. The van der Waals surface area contributed by atoms with Crippen molar-refractivity contribution in [3.8, 4) is 11.6 Å². The normalized spacial score (nSPS) is 11.0. The molecule has 0 aliphatic heterocycles. The van der Waals surface area contributed by atoms with Gasteiger partial charge in [-0.05, 0) is 62.2 Å². The SMILES string of the molecule is COc1nc2c(c(C)nn2-c2cccc(F)c2)c(C)c1CCC(=O)Nc1cccc(Br)c1. The van der Waals surface area contributed by atoms with E-state index in [1.165, 1.54) is 12.1 Å². The summed E-state index contributed by atoms with van der Waals surface area (Å²) in [6.07, 6.45) is 0.732. The molecule has 4 rings (SSSR count). The van der Waals surface area contributed by atoms with E-state index in [1.807, 2.05) is 38.1 Å². The van der Waals surface area contributed by atoms with Crippen LogP contribution in [0.15, 0.2) is 53.0 Å². The first-order chi connectivity index (χ1) is 15.4. The Morgan fingerprint density at radius 2 is 1.97 bits per heavy atom. The minimum atomic E-state index is -0.347. The minimum absolute atomic E-state index is 0.100. The zero-order valence-electron chi connectivity index (χ0n) is 17.9. The zero-order chi connectivity index (χ0) is 22.8. The van der Waals surface area contributed by atoms with E-state index < -0.39 is 0 Å². The smallest absolute Gasteiger partial charge is 0.224 e. The maximum absolute atomic E-state index is 13.8. The van der Waals surface area contributed by atoms with Crippen molar-refractivity contribution in [1.29, 1.82) is 0 Å². The molecule has 0 aliphatic rings. The Morgan fingerprint density at radius 3 is 2.69 bits per heavy atom. The van der Waals surface area contributed by atoms with Gasteiger partial charge in [0.25, 0.3) is 0 Å². The van der Waals surface area contributed by atoms with Crippen molar-refractivity contribution in [2.24, 2.45) is 0 Å². The lowest BCUT2D eigenvalue weighted by atomic mass is 10.0. The van der Waals surface area contributed by atoms with Gasteiger partial charge in [-0.3, -0.25) is 4.79 Å². The summed E-state index contributed by atoms with van der Waals surface area (Å²) >= 11 is 3.40. The van der Waals surface area contributed by atoms with Crippen LogP contribution >= 0.6 is 15.9 Å². The van der Waals surface area contributed by atoms with Crippen molar-refractivity contribution in [3.63, 3.8) is 0 Å². The van der Waals surface area contributed by atoms with Gasteiger partial charge in [-0.2, -0.15) is 10.1 Å². The molecular weight excluding hydrogens is 475 g/mol. The number of nitrogens with zero attached hydrogens (tertiary/aromatic N) is 3. The van der Waals surface area contributed by atoms with Gasteiger partial charge in [0.05, 0.1) is 18.5 Å². The van der Waals surface area contributed by atoms with Crippen molar-refractivity contribution in [3.05, 3.63) is 75.6 Å². The fraction of sp³-hybridized carbons (Fsp3) is 0.208. The van der Waals surface area contributed by atoms with Gasteiger partial charge in [0.2, 0.25) is 11.8 Å². The van der Waals surface area contributed by atoms with Crippen molar-refractivity contribution >= 4 is 38.6 Å². The molecule has 0 saturated heterocycles. The molecule has 2 heterocycles. The van der Waals surface area contributed by atoms with Crippen molar-refractivity contribution < 1.29 is 13.9 Å². The third-order valence-corrected chi connectivity index (χ3v) is 5.78. The van der Waals surface area contributed by atoms with Crippen molar-refractivity contribution in [2.45, 2.75) is 26.7 Å². The third kappa shape index (κ3) is 4.36. The molecule has 8 heteroatoms. The molecule has 2 aromatic carbocycles. The number of carbonyl (C=O) groups excluding carboxylic acids is 1. The molecule has 1 N–H and O–H groups in total. The predicted octanol–water partition coefficient (Wildman–Crippen LogP) is 5.52. The Hall–Kier alpha value is -3.26. The van der Waals surface area contributed by atoms with E-state index in [2.05, 4.69) is 31.3 Å². The number of aromatic nitrogens is 3. The van der Waals surface area contributed by atoms with Crippen LogP contribution in [-0.2, 0) is 11.2 Å². The largest absolute Gasteiger partial charge is 0.481 e. The lowest BCUT2D eigenvalue weighted by molar-refractivity contribution is -0.116. The highest BCUT2D eigenvalue weighted by atomic mass is 79.9. The Labute approximate surface area is 193 Å². The third-order valence-electron chi connectivity index (χ3n) is 5.29. The Morgan fingerprint density at radius 1 is 1.19 bits per heavy atom. The van der Waals surface area contributed by atoms with Crippen LogP contribution in [0.3, 0.4) is 0 Å². The van der Waals surface area contributed by atoms with E-state index in [9.17, 15) is 9.18 Å². The van der Waals surface area contributed by atoms with Crippen LogP contribution in [-0.4, -0.2) is 27.8 Å². The molecule has 2 aromatic heterocycles. The van der Waals surface area contributed by atoms with Crippen LogP contribution in [0.5, 0.6) is 5.88 Å². The standard InChI is InChI=1S/C24H22BrFN4O2/c1-14-20(10-11-21(31)27-18-8-4-6-16(25)12-18)24(32-3)28-23-22(14)15(2)29-30(23)19-9-5-7-17(26)13-19/h4-9,12-13H,10-11H2,1-3H3,(H,27,31). The molecule has 0 atom stereocenters. The number of hydrogen-bond acceptors (Lipinski definition) is 4. The number of rotatable bonds is 6. The highest BCUT2D eigenvalue weighted by molar-refractivity contribution is 9.10. The second-order valence-electron chi connectivity index (χ2n) is 7.46. The number of nitrogens with one attached hydrogen (secondary N) is 1. The second-order valence-corrected chi connectivity index (χ2v) is 8.37. The van der Waals surface area contributed by atoms with Crippen LogP contribution in [0.2, 0.25) is 0 Å². The first-order valence-corrected chi connectivity index (χ1v) is 10.9. The summed E-state index contributed by atoms with van der Waals surface area (Å²) in [7, 11) is 1.55. The minimum Gasteiger partial charge on any atom is -0.481 e. The molecular formula is C24H22BrFN4O2. The van der Waals surface area contributed by atoms with Crippen LogP contribution < -0.4 is 10.1 Å². The fourth-order valence-corrected chi connectivity index (χ4v) is 4.21. The van der Waals surface area contributed by atoms with E-state index in [4.69, 9.17) is 4.74 Å². The first kappa shape index (κ1) is 22.0. The van der Waals surface area contributed by atoms with E-state index in [0.717, 1.165) is 32.4 Å². The van der Waals surface area contributed by atoms with Gasteiger partial charge in [0, 0.05) is 27.5 Å². The molecule has 0 fully saturated rings. The molecule has 32 heavy (non-hydrogen) atoms. The number of halogens is 2. The summed E-state index contributed by atoms with van der Waals surface area (Å²) in [5, 5.41) is 8.37. The number of aryl methyl sites for hydroxylation is 2. The number of ether oxygens (including phenoxy) is 1. The molecule has 0 bridgehead atoms. The lowest BCUT2D eigenvalue weighted by Crippen LogP contribution is -2.13. The van der Waals surface area contributed by atoms with Gasteiger partial charge in [0.15, 0.2) is 5.65 Å².